The maximum atomic E-state index is 13.1. The first-order valence-electron chi connectivity index (χ1n) is 6.46. The largest absolute Gasteiger partial charge is 0.396 e. The number of aliphatic hydroxyl groups excluding tert-OH is 1. The summed E-state index contributed by atoms with van der Waals surface area (Å²) in [6.45, 7) is 3.15. The second-order valence-corrected chi connectivity index (χ2v) is 5.41. The molecule has 1 aromatic carbocycles. The molecule has 2 rings (SSSR count). The van der Waals surface area contributed by atoms with Gasteiger partial charge in [-0.05, 0) is 49.4 Å². The van der Waals surface area contributed by atoms with Crippen molar-refractivity contribution >= 4 is 11.6 Å². The maximum Gasteiger partial charge on any atom is 0.141 e. The zero-order valence-corrected chi connectivity index (χ0v) is 11.2. The van der Waals surface area contributed by atoms with Crippen molar-refractivity contribution in [3.8, 4) is 0 Å². The number of hydrogen-bond acceptors (Lipinski definition) is 2. The van der Waals surface area contributed by atoms with Crippen LogP contribution in [0.5, 0.6) is 0 Å². The Balaban J connectivity index is 1.93. The molecule has 0 spiro atoms. The summed E-state index contributed by atoms with van der Waals surface area (Å²) in [6, 6.07) is 4.91. The molecule has 1 heterocycles. The number of piperidine rings is 1. The molecule has 100 valence electrons. The van der Waals surface area contributed by atoms with Crippen molar-refractivity contribution < 1.29 is 9.50 Å². The molecule has 1 unspecified atom stereocenters. The highest BCUT2D eigenvalue weighted by Gasteiger charge is 2.19. The van der Waals surface area contributed by atoms with Gasteiger partial charge in [0, 0.05) is 19.7 Å². The average Bonchev–Trinajstić information content (AvgIpc) is 2.35. The Labute approximate surface area is 112 Å². The SMILES string of the molecule is OCCC1CCCN(Cc2ccc(F)c(Cl)c2)C1. The second-order valence-electron chi connectivity index (χ2n) is 5.00. The number of hydrogen-bond donors (Lipinski definition) is 1. The van der Waals surface area contributed by atoms with Crippen molar-refractivity contribution in [3.05, 3.63) is 34.6 Å². The van der Waals surface area contributed by atoms with Crippen LogP contribution in [-0.2, 0) is 6.54 Å². The van der Waals surface area contributed by atoms with E-state index in [1.807, 2.05) is 0 Å². The molecule has 4 heteroatoms. The fourth-order valence-electron chi connectivity index (χ4n) is 2.61. The molecule has 1 saturated heterocycles. The smallest absolute Gasteiger partial charge is 0.141 e. The van der Waals surface area contributed by atoms with Gasteiger partial charge in [0.2, 0.25) is 0 Å². The van der Waals surface area contributed by atoms with Gasteiger partial charge in [-0.25, -0.2) is 4.39 Å². The molecule has 18 heavy (non-hydrogen) atoms. The zero-order chi connectivity index (χ0) is 13.0. The lowest BCUT2D eigenvalue weighted by molar-refractivity contribution is 0.142. The highest BCUT2D eigenvalue weighted by Crippen LogP contribution is 2.22. The van der Waals surface area contributed by atoms with Crippen molar-refractivity contribution in [2.75, 3.05) is 19.7 Å². The molecule has 1 N–H and O–H groups in total. The summed E-state index contributed by atoms with van der Waals surface area (Å²) in [7, 11) is 0. The van der Waals surface area contributed by atoms with Gasteiger partial charge in [-0.2, -0.15) is 0 Å². The monoisotopic (exact) mass is 271 g/mol. The van der Waals surface area contributed by atoms with Crippen molar-refractivity contribution in [1.29, 1.82) is 0 Å². The number of nitrogens with zero attached hydrogens (tertiary/aromatic N) is 1. The normalized spacial score (nSPS) is 21.2. The van der Waals surface area contributed by atoms with Crippen molar-refractivity contribution in [1.82, 2.24) is 4.90 Å². The molecule has 0 bridgehead atoms. The van der Waals surface area contributed by atoms with Crippen LogP contribution in [0.3, 0.4) is 0 Å². The van der Waals surface area contributed by atoms with Gasteiger partial charge in [-0.3, -0.25) is 4.90 Å². The topological polar surface area (TPSA) is 23.5 Å². The van der Waals surface area contributed by atoms with Gasteiger partial charge < -0.3 is 5.11 Å². The van der Waals surface area contributed by atoms with Gasteiger partial charge in [0.25, 0.3) is 0 Å². The summed E-state index contributed by atoms with van der Waals surface area (Å²) in [6.07, 6.45) is 3.24. The Hall–Kier alpha value is -0.640. The quantitative estimate of drug-likeness (QED) is 0.910. The van der Waals surface area contributed by atoms with Crippen molar-refractivity contribution in [2.45, 2.75) is 25.8 Å². The number of likely N-dealkylation sites (tertiary alicyclic amines) is 1. The number of halogens is 2. The Morgan fingerprint density at radius 1 is 1.44 bits per heavy atom. The number of benzene rings is 1. The molecule has 0 aliphatic carbocycles. The first kappa shape index (κ1) is 13.8. The minimum atomic E-state index is -0.364. The van der Waals surface area contributed by atoms with Gasteiger partial charge in [0.1, 0.15) is 5.82 Å². The van der Waals surface area contributed by atoms with E-state index in [0.717, 1.165) is 31.6 Å². The Bertz CT molecular complexity index is 397. The van der Waals surface area contributed by atoms with E-state index in [1.165, 1.54) is 18.9 Å². The number of aliphatic hydroxyl groups is 1. The summed E-state index contributed by atoms with van der Waals surface area (Å²) < 4.78 is 13.1. The average molecular weight is 272 g/mol. The van der Waals surface area contributed by atoms with Crippen LogP contribution in [0.1, 0.15) is 24.8 Å². The van der Waals surface area contributed by atoms with E-state index in [4.69, 9.17) is 16.7 Å². The molecule has 0 radical (unpaired) electrons. The van der Waals surface area contributed by atoms with Gasteiger partial charge in [0.05, 0.1) is 5.02 Å². The van der Waals surface area contributed by atoms with Crippen LogP contribution in [0.4, 0.5) is 4.39 Å². The van der Waals surface area contributed by atoms with Gasteiger partial charge >= 0.3 is 0 Å². The minimum absolute atomic E-state index is 0.191. The Morgan fingerprint density at radius 2 is 2.28 bits per heavy atom. The predicted molar refractivity (Wildman–Crippen MR) is 71.1 cm³/mol. The third kappa shape index (κ3) is 3.67. The van der Waals surface area contributed by atoms with Crippen LogP contribution in [0.2, 0.25) is 5.02 Å². The molecular weight excluding hydrogens is 253 g/mol. The standard InChI is InChI=1S/C14H19ClFNO/c15-13-8-12(3-4-14(13)16)10-17-6-1-2-11(9-17)5-7-18/h3-4,8,11,18H,1-2,5-7,9-10H2. The van der Waals surface area contributed by atoms with E-state index < -0.39 is 0 Å². The second kappa shape index (κ2) is 6.50. The molecule has 1 fully saturated rings. The first-order chi connectivity index (χ1) is 8.69. The van der Waals surface area contributed by atoms with Crippen LogP contribution in [0.15, 0.2) is 18.2 Å². The maximum absolute atomic E-state index is 13.1. The van der Waals surface area contributed by atoms with Gasteiger partial charge in [-0.15, -0.1) is 0 Å². The van der Waals surface area contributed by atoms with Gasteiger partial charge in [-0.1, -0.05) is 17.7 Å². The molecule has 0 amide bonds. The van der Waals surface area contributed by atoms with Gasteiger partial charge in [0.15, 0.2) is 0 Å². The van der Waals surface area contributed by atoms with Crippen molar-refractivity contribution in [3.63, 3.8) is 0 Å². The summed E-state index contributed by atoms with van der Waals surface area (Å²) in [4.78, 5) is 2.35. The fraction of sp³-hybridized carbons (Fsp3) is 0.571. The van der Waals surface area contributed by atoms with E-state index in [1.54, 1.807) is 12.1 Å². The molecular formula is C14H19ClFNO. The minimum Gasteiger partial charge on any atom is -0.396 e. The highest BCUT2D eigenvalue weighted by molar-refractivity contribution is 6.30. The summed E-state index contributed by atoms with van der Waals surface area (Å²) in [5.41, 5.74) is 1.05. The van der Waals surface area contributed by atoms with E-state index >= 15 is 0 Å². The molecule has 1 aliphatic heterocycles. The summed E-state index contributed by atoms with van der Waals surface area (Å²) in [5, 5.41) is 9.17. The van der Waals surface area contributed by atoms with Crippen LogP contribution in [0.25, 0.3) is 0 Å². The zero-order valence-electron chi connectivity index (χ0n) is 10.4. The molecule has 1 atom stereocenters. The third-order valence-corrected chi connectivity index (χ3v) is 3.82. The van der Waals surface area contributed by atoms with Crippen LogP contribution < -0.4 is 0 Å². The highest BCUT2D eigenvalue weighted by atomic mass is 35.5. The Kier molecular flexibility index (Phi) is 4.98. The van der Waals surface area contributed by atoms with Crippen molar-refractivity contribution in [2.24, 2.45) is 5.92 Å². The third-order valence-electron chi connectivity index (χ3n) is 3.53. The summed E-state index contributed by atoms with van der Waals surface area (Å²) >= 11 is 5.78. The summed E-state index contributed by atoms with van der Waals surface area (Å²) in [5.74, 6) is 0.219. The van der Waals surface area contributed by atoms with Crippen LogP contribution in [0, 0.1) is 11.7 Å². The molecule has 2 nitrogen and oxygen atoms in total. The molecule has 1 aliphatic rings. The lowest BCUT2D eigenvalue weighted by Gasteiger charge is -2.32. The fourth-order valence-corrected chi connectivity index (χ4v) is 2.81. The Morgan fingerprint density at radius 3 is 3.00 bits per heavy atom. The molecule has 0 aromatic heterocycles. The molecule has 0 saturated carbocycles. The van der Waals surface area contributed by atoms with E-state index in [0.29, 0.717) is 5.92 Å². The van der Waals surface area contributed by atoms with E-state index in [9.17, 15) is 4.39 Å². The van der Waals surface area contributed by atoms with Crippen LogP contribution in [-0.4, -0.2) is 29.7 Å². The number of rotatable bonds is 4. The lowest BCUT2D eigenvalue weighted by atomic mass is 9.95. The first-order valence-corrected chi connectivity index (χ1v) is 6.84. The van der Waals surface area contributed by atoms with E-state index in [2.05, 4.69) is 4.90 Å². The van der Waals surface area contributed by atoms with Crippen LogP contribution >= 0.6 is 11.6 Å². The lowest BCUT2D eigenvalue weighted by Crippen LogP contribution is -2.35. The molecule has 1 aromatic rings. The van der Waals surface area contributed by atoms with E-state index in [-0.39, 0.29) is 17.4 Å². The predicted octanol–water partition coefficient (Wildman–Crippen LogP) is 3.07.